The van der Waals surface area contributed by atoms with Crippen molar-refractivity contribution in [3.05, 3.63) is 87.0 Å². The highest BCUT2D eigenvalue weighted by Crippen LogP contribution is 2.18. The molecular weight excluding hydrogens is 571 g/mol. The third-order valence-corrected chi connectivity index (χ3v) is 5.61. The van der Waals surface area contributed by atoms with Gasteiger partial charge >= 0.3 is 0 Å². The van der Waals surface area contributed by atoms with Crippen LogP contribution in [0.3, 0.4) is 0 Å². The fourth-order valence-electron chi connectivity index (χ4n) is 2.65. The van der Waals surface area contributed by atoms with Gasteiger partial charge in [-0.3, -0.25) is 14.4 Å². The van der Waals surface area contributed by atoms with E-state index in [1.165, 1.54) is 12.1 Å². The Morgan fingerprint density at radius 3 is 1.78 bits per heavy atom. The zero-order valence-electron chi connectivity index (χ0n) is 20.7. The van der Waals surface area contributed by atoms with Crippen LogP contribution in [0.1, 0.15) is 70.6 Å². The third-order valence-electron chi connectivity index (χ3n) is 4.63. The van der Waals surface area contributed by atoms with E-state index in [2.05, 4.69) is 36.4 Å². The molecule has 192 valence electrons. The molecule has 3 aromatic carbocycles. The zero-order valence-corrected chi connectivity index (χ0v) is 22.8. The summed E-state index contributed by atoms with van der Waals surface area (Å²) in [5.41, 5.74) is 1.85. The zero-order chi connectivity index (χ0) is 26.6. The number of hydrogen-bond acceptors (Lipinski definition) is 6. The van der Waals surface area contributed by atoms with Crippen LogP contribution in [0.5, 0.6) is 17.2 Å². The molecule has 0 unspecified atom stereocenters. The number of unbranched alkanes of at least 4 members (excludes halogenated alkanes) is 2. The van der Waals surface area contributed by atoms with Crippen molar-refractivity contribution in [3.8, 4) is 17.2 Å². The van der Waals surface area contributed by atoms with Gasteiger partial charge in [-0.25, -0.2) is 0 Å². The smallest absolute Gasteiger partial charge is 0.151 e. The Kier molecular flexibility index (Phi) is 16.3. The Balaban J connectivity index is 0.000000276. The summed E-state index contributed by atoms with van der Waals surface area (Å²) >= 11 is 2.14. The van der Waals surface area contributed by atoms with Gasteiger partial charge in [0.1, 0.15) is 29.8 Å². The predicted octanol–water partition coefficient (Wildman–Crippen LogP) is 7.17. The summed E-state index contributed by atoms with van der Waals surface area (Å²) in [6.45, 7) is 5.67. The molecule has 0 aromatic heterocycles. The standard InChI is InChI=1S/C11H13IO2.C11H14O2.C7H6O2/c1-2-3-6-14-10-4-5-11(12)9(7-10)8-13;1-2-3-7-13-11-6-4-5-10(8-11)9-12;8-5-6-2-1-3-7(9)4-6/h4-5,7-8H,2-3,6H2,1H3;4-6,8-9H,2-3,7H2,1H3;1-5,9H. The Bertz CT molecular complexity index is 1070. The molecule has 0 aliphatic carbocycles. The molecule has 0 aliphatic rings. The fraction of sp³-hybridized carbons (Fsp3) is 0.276. The monoisotopic (exact) mass is 604 g/mol. The first-order chi connectivity index (χ1) is 17.5. The highest BCUT2D eigenvalue weighted by molar-refractivity contribution is 14.1. The summed E-state index contributed by atoms with van der Waals surface area (Å²) in [5.74, 6) is 1.68. The van der Waals surface area contributed by atoms with Crippen molar-refractivity contribution in [1.82, 2.24) is 0 Å². The lowest BCUT2D eigenvalue weighted by Gasteiger charge is -2.06. The summed E-state index contributed by atoms with van der Waals surface area (Å²) in [6, 6.07) is 19.0. The summed E-state index contributed by atoms with van der Waals surface area (Å²) < 4.78 is 11.9. The number of phenols is 1. The maximum atomic E-state index is 10.6. The summed E-state index contributed by atoms with van der Waals surface area (Å²) in [6.07, 6.45) is 6.70. The van der Waals surface area contributed by atoms with E-state index in [-0.39, 0.29) is 5.75 Å². The average molecular weight is 604 g/mol. The quantitative estimate of drug-likeness (QED) is 0.142. The van der Waals surface area contributed by atoms with Gasteiger partial charge in [-0.1, -0.05) is 51.0 Å². The van der Waals surface area contributed by atoms with Crippen molar-refractivity contribution in [2.24, 2.45) is 0 Å². The molecule has 0 atom stereocenters. The number of hydrogen-bond donors (Lipinski definition) is 1. The maximum absolute atomic E-state index is 10.6. The van der Waals surface area contributed by atoms with Crippen LogP contribution in [0.4, 0.5) is 0 Å². The number of phenolic OH excluding ortho intramolecular Hbond substituents is 1. The van der Waals surface area contributed by atoms with E-state index in [1.807, 2.05) is 24.3 Å². The molecule has 1 N–H and O–H groups in total. The predicted molar refractivity (Wildman–Crippen MR) is 151 cm³/mol. The molecule has 3 aromatic rings. The molecule has 3 rings (SSSR count). The number of carbonyl (C=O) groups excluding carboxylic acids is 3. The van der Waals surface area contributed by atoms with E-state index in [0.717, 1.165) is 66.5 Å². The van der Waals surface area contributed by atoms with Crippen molar-refractivity contribution >= 4 is 41.4 Å². The van der Waals surface area contributed by atoms with Gasteiger partial charge in [0, 0.05) is 20.3 Å². The van der Waals surface area contributed by atoms with E-state index >= 15 is 0 Å². The second-order valence-corrected chi connectivity index (χ2v) is 8.77. The van der Waals surface area contributed by atoms with Crippen molar-refractivity contribution in [3.63, 3.8) is 0 Å². The van der Waals surface area contributed by atoms with Crippen LogP contribution in [0, 0.1) is 3.57 Å². The Hall–Kier alpha value is -3.20. The van der Waals surface area contributed by atoms with Crippen molar-refractivity contribution in [1.29, 1.82) is 0 Å². The van der Waals surface area contributed by atoms with Crippen LogP contribution in [-0.4, -0.2) is 37.2 Å². The number of carbonyl (C=O) groups is 3. The van der Waals surface area contributed by atoms with Gasteiger partial charge in [-0.15, -0.1) is 0 Å². The van der Waals surface area contributed by atoms with Gasteiger partial charge in [0.25, 0.3) is 0 Å². The highest BCUT2D eigenvalue weighted by atomic mass is 127. The van der Waals surface area contributed by atoms with Crippen LogP contribution >= 0.6 is 22.6 Å². The average Bonchev–Trinajstić information content (AvgIpc) is 2.91. The minimum absolute atomic E-state index is 0.125. The van der Waals surface area contributed by atoms with E-state index in [4.69, 9.17) is 14.6 Å². The SMILES string of the molecule is CCCCOc1ccc(I)c(C=O)c1.CCCCOc1cccc(C=O)c1.O=Cc1cccc(O)c1. The van der Waals surface area contributed by atoms with Gasteiger partial charge in [-0.2, -0.15) is 0 Å². The summed E-state index contributed by atoms with van der Waals surface area (Å²) in [4.78, 5) is 31.1. The number of aromatic hydroxyl groups is 1. The van der Waals surface area contributed by atoms with E-state index in [9.17, 15) is 14.4 Å². The number of halogens is 1. The molecule has 0 saturated heterocycles. The van der Waals surface area contributed by atoms with Crippen LogP contribution in [0.25, 0.3) is 0 Å². The molecule has 0 heterocycles. The van der Waals surface area contributed by atoms with Crippen LogP contribution in [0.2, 0.25) is 0 Å². The van der Waals surface area contributed by atoms with E-state index in [1.54, 1.807) is 30.3 Å². The Morgan fingerprint density at radius 1 is 0.722 bits per heavy atom. The van der Waals surface area contributed by atoms with Gasteiger partial charge in [0.15, 0.2) is 6.29 Å². The molecule has 0 bridgehead atoms. The van der Waals surface area contributed by atoms with E-state index in [0.29, 0.717) is 23.0 Å². The van der Waals surface area contributed by atoms with Crippen molar-refractivity contribution in [2.45, 2.75) is 39.5 Å². The maximum Gasteiger partial charge on any atom is 0.151 e. The van der Waals surface area contributed by atoms with Crippen molar-refractivity contribution < 1.29 is 29.0 Å². The second-order valence-electron chi connectivity index (χ2n) is 7.61. The Morgan fingerprint density at radius 2 is 1.28 bits per heavy atom. The molecule has 0 spiro atoms. The molecular formula is C29H33IO6. The molecule has 0 saturated carbocycles. The number of aldehydes is 3. The molecule has 0 amide bonds. The van der Waals surface area contributed by atoms with Gasteiger partial charge < -0.3 is 14.6 Å². The van der Waals surface area contributed by atoms with Gasteiger partial charge in [-0.05, 0) is 77.9 Å². The minimum atomic E-state index is 0.125. The molecule has 6 nitrogen and oxygen atoms in total. The topological polar surface area (TPSA) is 89.9 Å². The lowest BCUT2D eigenvalue weighted by molar-refractivity contribution is 0.111. The van der Waals surface area contributed by atoms with Crippen LogP contribution < -0.4 is 9.47 Å². The van der Waals surface area contributed by atoms with Crippen molar-refractivity contribution in [2.75, 3.05) is 13.2 Å². The second kappa shape index (κ2) is 19.0. The van der Waals surface area contributed by atoms with Crippen LogP contribution in [-0.2, 0) is 0 Å². The largest absolute Gasteiger partial charge is 0.508 e. The van der Waals surface area contributed by atoms with Gasteiger partial charge in [0.2, 0.25) is 0 Å². The molecule has 7 heteroatoms. The molecule has 36 heavy (non-hydrogen) atoms. The van der Waals surface area contributed by atoms with E-state index < -0.39 is 0 Å². The Labute approximate surface area is 226 Å². The summed E-state index contributed by atoms with van der Waals surface area (Å²) in [7, 11) is 0. The molecule has 0 fully saturated rings. The first-order valence-corrected chi connectivity index (χ1v) is 12.8. The highest BCUT2D eigenvalue weighted by Gasteiger charge is 2.00. The number of benzene rings is 3. The van der Waals surface area contributed by atoms with Crippen LogP contribution in [0.15, 0.2) is 66.7 Å². The number of rotatable bonds is 11. The minimum Gasteiger partial charge on any atom is -0.508 e. The van der Waals surface area contributed by atoms with Gasteiger partial charge in [0.05, 0.1) is 13.2 Å². The number of ether oxygens (including phenoxy) is 2. The lowest BCUT2D eigenvalue weighted by atomic mass is 10.2. The normalized spacial score (nSPS) is 9.53. The lowest BCUT2D eigenvalue weighted by Crippen LogP contribution is -1.97. The summed E-state index contributed by atoms with van der Waals surface area (Å²) in [5, 5.41) is 8.79. The first-order valence-electron chi connectivity index (χ1n) is 11.8. The molecule has 0 aliphatic heterocycles. The first kappa shape index (κ1) is 30.8. The molecule has 0 radical (unpaired) electrons. The third kappa shape index (κ3) is 13.0. The fourth-order valence-corrected chi connectivity index (χ4v) is 3.11.